The first-order valence-corrected chi connectivity index (χ1v) is 6.95. The molecule has 0 aliphatic rings. The highest BCUT2D eigenvalue weighted by Crippen LogP contribution is 2.16. The van der Waals surface area contributed by atoms with Gasteiger partial charge in [0.15, 0.2) is 0 Å². The molecule has 0 bridgehead atoms. The van der Waals surface area contributed by atoms with Gasteiger partial charge in [0, 0.05) is 12.2 Å². The second kappa shape index (κ2) is 7.42. The summed E-state index contributed by atoms with van der Waals surface area (Å²) in [6.45, 7) is 1.47. The number of carbonyl (C=O) groups is 1. The summed E-state index contributed by atoms with van der Waals surface area (Å²) in [5.74, 6) is 0.492. The average Bonchev–Trinajstić information content (AvgIpc) is 2.49. The minimum absolute atomic E-state index is 0.277. The molecule has 0 saturated heterocycles. The van der Waals surface area contributed by atoms with Crippen LogP contribution in [0.3, 0.4) is 0 Å². The van der Waals surface area contributed by atoms with Crippen molar-refractivity contribution in [1.29, 1.82) is 0 Å². The van der Waals surface area contributed by atoms with Crippen molar-refractivity contribution in [2.24, 2.45) is 0 Å². The van der Waals surface area contributed by atoms with Crippen LogP contribution in [0, 0.1) is 0 Å². The molecule has 0 fully saturated rings. The molecule has 1 aromatic carbocycles. The van der Waals surface area contributed by atoms with E-state index in [-0.39, 0.29) is 5.91 Å². The number of nitrogen functional groups attached to an aromatic ring is 1. The van der Waals surface area contributed by atoms with E-state index < -0.39 is 0 Å². The van der Waals surface area contributed by atoms with Crippen molar-refractivity contribution in [3.63, 3.8) is 0 Å². The number of anilines is 2. The fraction of sp³-hybridized carbons (Fsp3) is 0.250. The lowest BCUT2D eigenvalue weighted by Gasteiger charge is -2.11. The van der Waals surface area contributed by atoms with Crippen LogP contribution in [0.4, 0.5) is 11.4 Å². The van der Waals surface area contributed by atoms with E-state index in [0.717, 1.165) is 12.3 Å². The Hall–Kier alpha value is -2.60. The molecule has 22 heavy (non-hydrogen) atoms. The van der Waals surface area contributed by atoms with Gasteiger partial charge < -0.3 is 20.7 Å². The molecule has 0 aliphatic carbocycles. The third kappa shape index (κ3) is 4.75. The van der Waals surface area contributed by atoms with Crippen LogP contribution in [-0.2, 0) is 0 Å². The molecule has 2 aromatic rings. The summed E-state index contributed by atoms with van der Waals surface area (Å²) in [5, 5.41) is 2.77. The number of nitrogens with two attached hydrogens (primary N) is 1. The molecule has 0 radical (unpaired) electrons. The van der Waals surface area contributed by atoms with Gasteiger partial charge in [-0.25, -0.2) is 4.98 Å². The van der Waals surface area contributed by atoms with Crippen molar-refractivity contribution in [2.75, 3.05) is 38.3 Å². The molecule has 1 amide bonds. The van der Waals surface area contributed by atoms with Crippen molar-refractivity contribution in [3.8, 4) is 5.75 Å². The summed E-state index contributed by atoms with van der Waals surface area (Å²) < 4.78 is 5.59. The molecule has 0 atom stereocenters. The van der Waals surface area contributed by atoms with E-state index >= 15 is 0 Å². The molecular weight excluding hydrogens is 280 g/mol. The van der Waals surface area contributed by atoms with Crippen molar-refractivity contribution >= 4 is 17.3 Å². The van der Waals surface area contributed by atoms with Gasteiger partial charge in [-0.2, -0.15) is 0 Å². The van der Waals surface area contributed by atoms with Gasteiger partial charge in [-0.05, 0) is 50.5 Å². The van der Waals surface area contributed by atoms with Gasteiger partial charge in [0.1, 0.15) is 18.1 Å². The van der Waals surface area contributed by atoms with Crippen molar-refractivity contribution < 1.29 is 9.53 Å². The number of carbonyl (C=O) groups excluding carboxylic acids is 1. The Morgan fingerprint density at radius 2 is 1.95 bits per heavy atom. The van der Waals surface area contributed by atoms with Crippen molar-refractivity contribution in [3.05, 3.63) is 48.3 Å². The number of nitrogens with zero attached hydrogens (tertiary/aromatic N) is 2. The minimum Gasteiger partial charge on any atom is -0.492 e. The molecule has 0 unspecified atom stereocenters. The first kappa shape index (κ1) is 15.8. The molecule has 0 aliphatic heterocycles. The van der Waals surface area contributed by atoms with Crippen LogP contribution in [0.25, 0.3) is 0 Å². The summed E-state index contributed by atoms with van der Waals surface area (Å²) in [7, 11) is 3.99. The standard InChI is InChI=1S/C16H20N4O2/c1-20(2)9-10-22-14-6-4-13(5-7-14)19-16(21)15-8-3-12(17)11-18-15/h3-8,11H,9-10,17H2,1-2H3,(H,19,21). The van der Waals surface area contributed by atoms with Gasteiger partial charge in [0.05, 0.1) is 11.9 Å². The molecule has 0 saturated carbocycles. The van der Waals surface area contributed by atoms with E-state index in [0.29, 0.717) is 23.7 Å². The van der Waals surface area contributed by atoms with E-state index in [4.69, 9.17) is 10.5 Å². The Kier molecular flexibility index (Phi) is 5.32. The van der Waals surface area contributed by atoms with Gasteiger partial charge >= 0.3 is 0 Å². The highest BCUT2D eigenvalue weighted by molar-refractivity contribution is 6.02. The normalized spacial score (nSPS) is 10.5. The van der Waals surface area contributed by atoms with Gasteiger partial charge in [-0.3, -0.25) is 4.79 Å². The number of likely N-dealkylation sites (N-methyl/N-ethyl adjacent to an activating group) is 1. The lowest BCUT2D eigenvalue weighted by atomic mass is 10.2. The quantitative estimate of drug-likeness (QED) is 0.851. The number of nitrogens with one attached hydrogen (secondary N) is 1. The highest BCUT2D eigenvalue weighted by atomic mass is 16.5. The fourth-order valence-corrected chi connectivity index (χ4v) is 1.72. The fourth-order valence-electron chi connectivity index (χ4n) is 1.72. The number of aromatic nitrogens is 1. The predicted octanol–water partition coefficient (Wildman–Crippen LogP) is 1.86. The zero-order valence-electron chi connectivity index (χ0n) is 12.7. The summed E-state index contributed by atoms with van der Waals surface area (Å²) in [6.07, 6.45) is 1.45. The van der Waals surface area contributed by atoms with E-state index in [1.807, 2.05) is 31.1 Å². The maximum atomic E-state index is 12.0. The van der Waals surface area contributed by atoms with Crippen LogP contribution in [0.2, 0.25) is 0 Å². The SMILES string of the molecule is CN(C)CCOc1ccc(NC(=O)c2ccc(N)cn2)cc1. The van der Waals surface area contributed by atoms with Gasteiger partial charge in [0.2, 0.25) is 0 Å². The molecular formula is C16H20N4O2. The van der Waals surface area contributed by atoms with Gasteiger partial charge in [0.25, 0.3) is 5.91 Å². The molecule has 1 aromatic heterocycles. The molecule has 116 valence electrons. The first-order chi connectivity index (χ1) is 10.5. The van der Waals surface area contributed by atoms with E-state index in [2.05, 4.69) is 10.3 Å². The Morgan fingerprint density at radius 1 is 1.23 bits per heavy atom. The second-order valence-electron chi connectivity index (χ2n) is 5.11. The Labute approximate surface area is 129 Å². The number of ether oxygens (including phenoxy) is 1. The molecule has 0 spiro atoms. The number of amides is 1. The molecule has 6 heteroatoms. The topological polar surface area (TPSA) is 80.5 Å². The van der Waals surface area contributed by atoms with Crippen LogP contribution in [0.5, 0.6) is 5.75 Å². The third-order valence-electron chi connectivity index (χ3n) is 2.94. The number of rotatable bonds is 6. The van der Waals surface area contributed by atoms with Crippen molar-refractivity contribution in [2.45, 2.75) is 0 Å². The Balaban J connectivity index is 1.90. The maximum Gasteiger partial charge on any atom is 0.274 e. The van der Waals surface area contributed by atoms with E-state index in [1.54, 1.807) is 24.3 Å². The summed E-state index contributed by atoms with van der Waals surface area (Å²) in [5.41, 5.74) is 7.07. The largest absolute Gasteiger partial charge is 0.492 e. The number of benzene rings is 1. The van der Waals surface area contributed by atoms with Gasteiger partial charge in [-0.15, -0.1) is 0 Å². The van der Waals surface area contributed by atoms with Crippen LogP contribution >= 0.6 is 0 Å². The molecule has 6 nitrogen and oxygen atoms in total. The van der Waals surface area contributed by atoms with E-state index in [1.165, 1.54) is 6.20 Å². The lowest BCUT2D eigenvalue weighted by Crippen LogP contribution is -2.19. The van der Waals surface area contributed by atoms with Crippen molar-refractivity contribution in [1.82, 2.24) is 9.88 Å². The zero-order chi connectivity index (χ0) is 15.9. The van der Waals surface area contributed by atoms with Crippen LogP contribution < -0.4 is 15.8 Å². The van der Waals surface area contributed by atoms with E-state index in [9.17, 15) is 4.79 Å². The molecule has 1 heterocycles. The second-order valence-corrected chi connectivity index (χ2v) is 5.11. The molecule has 2 rings (SSSR count). The minimum atomic E-state index is -0.277. The summed E-state index contributed by atoms with van der Waals surface area (Å²) in [6, 6.07) is 10.5. The van der Waals surface area contributed by atoms with Crippen LogP contribution in [-0.4, -0.2) is 43.0 Å². The summed E-state index contributed by atoms with van der Waals surface area (Å²) >= 11 is 0. The average molecular weight is 300 g/mol. The highest BCUT2D eigenvalue weighted by Gasteiger charge is 2.07. The molecule has 3 N–H and O–H groups in total. The number of pyridine rings is 1. The lowest BCUT2D eigenvalue weighted by molar-refractivity contribution is 0.102. The van der Waals surface area contributed by atoms with Gasteiger partial charge in [-0.1, -0.05) is 0 Å². The first-order valence-electron chi connectivity index (χ1n) is 6.95. The predicted molar refractivity (Wildman–Crippen MR) is 87.1 cm³/mol. The Bertz CT molecular complexity index is 609. The monoisotopic (exact) mass is 300 g/mol. The van der Waals surface area contributed by atoms with Crippen LogP contribution in [0.1, 0.15) is 10.5 Å². The summed E-state index contributed by atoms with van der Waals surface area (Å²) in [4.78, 5) is 18.0. The maximum absolute atomic E-state index is 12.0. The number of hydrogen-bond acceptors (Lipinski definition) is 5. The third-order valence-corrected chi connectivity index (χ3v) is 2.94. The Morgan fingerprint density at radius 3 is 2.55 bits per heavy atom. The number of hydrogen-bond donors (Lipinski definition) is 2. The smallest absolute Gasteiger partial charge is 0.274 e. The van der Waals surface area contributed by atoms with Crippen LogP contribution in [0.15, 0.2) is 42.6 Å². The zero-order valence-corrected chi connectivity index (χ0v) is 12.7.